The molecule has 0 bridgehead atoms. The fourth-order valence-electron chi connectivity index (χ4n) is 3.48. The van der Waals surface area contributed by atoms with Gasteiger partial charge >= 0.3 is 0 Å². The van der Waals surface area contributed by atoms with Crippen LogP contribution in [0.2, 0.25) is 0 Å². The highest BCUT2D eigenvalue weighted by Gasteiger charge is 2.34. The zero-order valence-electron chi connectivity index (χ0n) is 17.9. The number of aromatic amines is 1. The molecule has 33 heavy (non-hydrogen) atoms. The molecule has 1 atom stereocenters. The standard InChI is InChI=1S/C23H21N5O5/c1-12(29)13-3-5-14(6-4-13)24-21(31)17-11-18(30)26-20-19(17)22(32)28-23(27-20)25-15-7-9-16(33-2)10-8-15/h3-10,17H,11H2,1-2H3,(H,24,31)(H3,25,26,27,28,30,32). The molecule has 10 heteroatoms. The Balaban J connectivity index is 1.58. The summed E-state index contributed by atoms with van der Waals surface area (Å²) in [5.41, 5.74) is 1.13. The van der Waals surface area contributed by atoms with Crippen LogP contribution in [0.1, 0.15) is 35.2 Å². The molecule has 1 aliphatic rings. The van der Waals surface area contributed by atoms with E-state index in [4.69, 9.17) is 4.74 Å². The number of carbonyl (C=O) groups is 3. The summed E-state index contributed by atoms with van der Waals surface area (Å²) in [5.74, 6) is -1.25. The molecule has 0 fully saturated rings. The summed E-state index contributed by atoms with van der Waals surface area (Å²) in [4.78, 5) is 56.3. The van der Waals surface area contributed by atoms with Gasteiger partial charge in [-0.05, 0) is 55.5 Å². The van der Waals surface area contributed by atoms with Gasteiger partial charge in [-0.25, -0.2) is 0 Å². The van der Waals surface area contributed by atoms with Crippen LogP contribution in [-0.2, 0) is 9.59 Å². The third-order valence-electron chi connectivity index (χ3n) is 5.18. The second kappa shape index (κ2) is 8.95. The van der Waals surface area contributed by atoms with E-state index in [1.54, 1.807) is 55.6 Å². The number of fused-ring (bicyclic) bond motifs is 1. The normalized spacial score (nSPS) is 14.6. The van der Waals surface area contributed by atoms with Crippen molar-refractivity contribution in [2.75, 3.05) is 23.1 Å². The molecule has 0 aliphatic carbocycles. The lowest BCUT2D eigenvalue weighted by Gasteiger charge is -2.23. The number of hydrogen-bond donors (Lipinski definition) is 4. The first kappa shape index (κ1) is 21.8. The molecule has 4 rings (SSSR count). The Morgan fingerprint density at radius 3 is 2.33 bits per heavy atom. The minimum absolute atomic E-state index is 0.0260. The second-order valence-electron chi connectivity index (χ2n) is 7.46. The maximum Gasteiger partial charge on any atom is 0.258 e. The topological polar surface area (TPSA) is 142 Å². The van der Waals surface area contributed by atoms with Crippen LogP contribution >= 0.6 is 0 Å². The number of H-pyrrole nitrogens is 1. The number of Topliss-reactive ketones (excluding diaryl/α,β-unsaturated/α-hetero) is 1. The molecule has 3 aromatic rings. The third-order valence-corrected chi connectivity index (χ3v) is 5.18. The number of methoxy groups -OCH3 is 1. The van der Waals surface area contributed by atoms with Crippen LogP contribution in [0, 0.1) is 0 Å². The van der Waals surface area contributed by atoms with Crippen molar-refractivity contribution < 1.29 is 19.1 Å². The van der Waals surface area contributed by atoms with Crippen molar-refractivity contribution >= 4 is 40.7 Å². The van der Waals surface area contributed by atoms with Gasteiger partial charge in [0.2, 0.25) is 17.8 Å². The van der Waals surface area contributed by atoms with E-state index in [-0.39, 0.29) is 29.5 Å². The highest BCUT2D eigenvalue weighted by atomic mass is 16.5. The van der Waals surface area contributed by atoms with E-state index < -0.39 is 23.3 Å². The van der Waals surface area contributed by atoms with Gasteiger partial charge in [-0.15, -0.1) is 0 Å². The lowest BCUT2D eigenvalue weighted by Crippen LogP contribution is -2.36. The Morgan fingerprint density at radius 1 is 1.03 bits per heavy atom. The Labute approximate surface area is 188 Å². The number of anilines is 4. The SMILES string of the molecule is COc1ccc(Nc2nc3c(c(=O)[nH]2)C(C(=O)Nc2ccc(C(C)=O)cc2)CC(=O)N3)cc1. The summed E-state index contributed by atoms with van der Waals surface area (Å²) in [7, 11) is 1.56. The summed E-state index contributed by atoms with van der Waals surface area (Å²) >= 11 is 0. The highest BCUT2D eigenvalue weighted by Crippen LogP contribution is 2.30. The van der Waals surface area contributed by atoms with Crippen molar-refractivity contribution in [3.63, 3.8) is 0 Å². The fourth-order valence-corrected chi connectivity index (χ4v) is 3.48. The lowest BCUT2D eigenvalue weighted by molar-refractivity contribution is -0.123. The van der Waals surface area contributed by atoms with Crippen molar-refractivity contribution in [2.24, 2.45) is 0 Å². The molecule has 0 spiro atoms. The molecule has 0 radical (unpaired) electrons. The van der Waals surface area contributed by atoms with Crippen molar-refractivity contribution in [2.45, 2.75) is 19.3 Å². The molecule has 1 aliphatic heterocycles. The number of ketones is 1. The summed E-state index contributed by atoms with van der Waals surface area (Å²) in [6, 6.07) is 13.3. The van der Waals surface area contributed by atoms with Gasteiger partial charge in [-0.2, -0.15) is 4.98 Å². The largest absolute Gasteiger partial charge is 0.497 e. The first-order chi connectivity index (χ1) is 15.8. The van der Waals surface area contributed by atoms with Crippen molar-refractivity contribution in [1.29, 1.82) is 0 Å². The number of nitrogens with one attached hydrogen (secondary N) is 4. The van der Waals surface area contributed by atoms with Crippen LogP contribution in [0.25, 0.3) is 0 Å². The zero-order chi connectivity index (χ0) is 23.5. The van der Waals surface area contributed by atoms with Gasteiger partial charge < -0.3 is 20.7 Å². The van der Waals surface area contributed by atoms with E-state index in [2.05, 4.69) is 25.9 Å². The van der Waals surface area contributed by atoms with Crippen molar-refractivity contribution in [3.05, 3.63) is 70.0 Å². The van der Waals surface area contributed by atoms with E-state index in [9.17, 15) is 19.2 Å². The van der Waals surface area contributed by atoms with Gasteiger partial charge in [0.05, 0.1) is 18.6 Å². The predicted octanol–water partition coefficient (Wildman–Crippen LogP) is 2.79. The number of nitrogens with zero attached hydrogens (tertiary/aromatic N) is 1. The quantitative estimate of drug-likeness (QED) is 0.426. The molecular weight excluding hydrogens is 426 g/mol. The molecule has 10 nitrogen and oxygen atoms in total. The average molecular weight is 447 g/mol. The number of ether oxygens (including phenoxy) is 1. The molecule has 0 saturated carbocycles. The predicted molar refractivity (Wildman–Crippen MR) is 122 cm³/mol. The number of rotatable bonds is 6. The maximum absolute atomic E-state index is 12.9. The van der Waals surface area contributed by atoms with Gasteiger partial charge in [-0.3, -0.25) is 24.2 Å². The molecule has 2 amide bonds. The maximum atomic E-state index is 12.9. The summed E-state index contributed by atoms with van der Waals surface area (Å²) in [5, 5.41) is 8.22. The minimum atomic E-state index is -1.02. The molecule has 2 heterocycles. The molecular formula is C23H21N5O5. The smallest absolute Gasteiger partial charge is 0.258 e. The van der Waals surface area contributed by atoms with Crippen molar-refractivity contribution in [3.8, 4) is 5.75 Å². The van der Waals surface area contributed by atoms with Gasteiger partial charge in [0.25, 0.3) is 5.56 Å². The third kappa shape index (κ3) is 4.74. The second-order valence-corrected chi connectivity index (χ2v) is 7.46. The van der Waals surface area contributed by atoms with Gasteiger partial charge in [0.15, 0.2) is 5.78 Å². The van der Waals surface area contributed by atoms with E-state index in [1.165, 1.54) is 6.92 Å². The fraction of sp³-hybridized carbons (Fsp3) is 0.174. The number of aromatic nitrogens is 2. The van der Waals surface area contributed by atoms with Crippen LogP contribution in [-0.4, -0.2) is 34.7 Å². The van der Waals surface area contributed by atoms with Crippen molar-refractivity contribution in [1.82, 2.24) is 9.97 Å². The molecule has 1 aromatic heterocycles. The first-order valence-electron chi connectivity index (χ1n) is 10.1. The van der Waals surface area contributed by atoms with E-state index in [0.29, 0.717) is 22.7 Å². The van der Waals surface area contributed by atoms with Crippen LogP contribution in [0.3, 0.4) is 0 Å². The lowest BCUT2D eigenvalue weighted by atomic mass is 9.92. The van der Waals surface area contributed by atoms with Crippen LogP contribution in [0.5, 0.6) is 5.75 Å². The molecule has 2 aromatic carbocycles. The number of amides is 2. The van der Waals surface area contributed by atoms with Gasteiger partial charge in [0, 0.05) is 23.4 Å². The number of carbonyl (C=O) groups excluding carboxylic acids is 3. The Hall–Kier alpha value is -4.47. The summed E-state index contributed by atoms with van der Waals surface area (Å²) in [6.45, 7) is 1.45. The van der Waals surface area contributed by atoms with E-state index in [0.717, 1.165) is 0 Å². The summed E-state index contributed by atoms with van der Waals surface area (Å²) < 4.78 is 5.12. The zero-order valence-corrected chi connectivity index (χ0v) is 17.9. The molecule has 0 saturated heterocycles. The first-order valence-corrected chi connectivity index (χ1v) is 10.1. The van der Waals surface area contributed by atoms with Gasteiger partial charge in [-0.1, -0.05) is 0 Å². The van der Waals surface area contributed by atoms with E-state index in [1.807, 2.05) is 0 Å². The Kier molecular flexibility index (Phi) is 5.90. The van der Waals surface area contributed by atoms with Crippen LogP contribution in [0.4, 0.5) is 23.1 Å². The number of hydrogen-bond acceptors (Lipinski definition) is 7. The Morgan fingerprint density at radius 2 is 1.70 bits per heavy atom. The van der Waals surface area contributed by atoms with Gasteiger partial charge in [0.1, 0.15) is 11.6 Å². The Bertz CT molecular complexity index is 1280. The van der Waals surface area contributed by atoms with Crippen LogP contribution in [0.15, 0.2) is 53.3 Å². The highest BCUT2D eigenvalue weighted by molar-refractivity contribution is 6.04. The minimum Gasteiger partial charge on any atom is -0.497 e. The van der Waals surface area contributed by atoms with Crippen LogP contribution < -0.4 is 26.2 Å². The number of benzene rings is 2. The van der Waals surface area contributed by atoms with E-state index >= 15 is 0 Å². The molecule has 168 valence electrons. The molecule has 4 N–H and O–H groups in total. The summed E-state index contributed by atoms with van der Waals surface area (Å²) in [6.07, 6.45) is -0.194. The monoisotopic (exact) mass is 447 g/mol. The molecule has 1 unspecified atom stereocenters. The average Bonchev–Trinajstić information content (AvgIpc) is 2.79.